The van der Waals surface area contributed by atoms with E-state index < -0.39 is 12.0 Å². The molecule has 0 aliphatic carbocycles. The molecule has 2 N–H and O–H groups in total. The number of carboxylic acid groups (broad SMARTS) is 1. The van der Waals surface area contributed by atoms with Crippen LogP contribution in [-0.4, -0.2) is 23.0 Å². The quantitative estimate of drug-likeness (QED) is 0.703. The maximum atomic E-state index is 11.4. The summed E-state index contributed by atoms with van der Waals surface area (Å²) in [5, 5.41) is 11.4. The molecule has 0 saturated carbocycles. The van der Waals surface area contributed by atoms with Crippen molar-refractivity contribution in [1.29, 1.82) is 0 Å². The van der Waals surface area contributed by atoms with Crippen LogP contribution in [-0.2, 0) is 9.59 Å². The molecule has 0 spiro atoms. The minimum absolute atomic E-state index is 0.0968. The molecule has 0 saturated heterocycles. The molecule has 0 unspecified atom stereocenters. The predicted octanol–water partition coefficient (Wildman–Crippen LogP) is 1.26. The summed E-state index contributed by atoms with van der Waals surface area (Å²) in [6, 6.07) is -0.781. The van der Waals surface area contributed by atoms with Gasteiger partial charge in [-0.1, -0.05) is 27.7 Å². The molecule has 4 nitrogen and oxygen atoms in total. The minimum atomic E-state index is -0.975. The zero-order valence-corrected chi connectivity index (χ0v) is 9.20. The highest BCUT2D eigenvalue weighted by molar-refractivity contribution is 5.84. The fourth-order valence-electron chi connectivity index (χ4n) is 0.994. The van der Waals surface area contributed by atoms with Gasteiger partial charge in [0.1, 0.15) is 6.04 Å². The van der Waals surface area contributed by atoms with Crippen molar-refractivity contribution in [2.75, 3.05) is 0 Å². The van der Waals surface area contributed by atoms with E-state index in [4.69, 9.17) is 5.11 Å². The van der Waals surface area contributed by atoms with E-state index in [9.17, 15) is 9.59 Å². The molecule has 0 aromatic carbocycles. The first kappa shape index (κ1) is 12.9. The van der Waals surface area contributed by atoms with Crippen LogP contribution in [0.2, 0.25) is 0 Å². The van der Waals surface area contributed by atoms with Crippen molar-refractivity contribution in [3.05, 3.63) is 0 Å². The third-order valence-electron chi connectivity index (χ3n) is 2.29. The zero-order chi connectivity index (χ0) is 11.3. The van der Waals surface area contributed by atoms with Gasteiger partial charge in [0.25, 0.3) is 0 Å². The van der Waals surface area contributed by atoms with Crippen molar-refractivity contribution >= 4 is 11.9 Å². The monoisotopic (exact) mass is 201 g/mol. The molecule has 0 radical (unpaired) electrons. The second-order valence-electron chi connectivity index (χ2n) is 3.88. The van der Waals surface area contributed by atoms with Crippen molar-refractivity contribution in [2.24, 2.45) is 11.8 Å². The second-order valence-corrected chi connectivity index (χ2v) is 3.88. The Morgan fingerprint density at radius 3 is 2.07 bits per heavy atom. The van der Waals surface area contributed by atoms with Gasteiger partial charge in [-0.15, -0.1) is 0 Å². The minimum Gasteiger partial charge on any atom is -0.480 e. The van der Waals surface area contributed by atoms with Gasteiger partial charge in [0, 0.05) is 5.92 Å². The molecule has 0 rings (SSSR count). The van der Waals surface area contributed by atoms with Gasteiger partial charge in [0.05, 0.1) is 0 Å². The van der Waals surface area contributed by atoms with Crippen molar-refractivity contribution in [3.8, 4) is 0 Å². The molecule has 2 atom stereocenters. The number of nitrogens with one attached hydrogen (secondary N) is 1. The maximum Gasteiger partial charge on any atom is 0.326 e. The highest BCUT2D eigenvalue weighted by atomic mass is 16.4. The van der Waals surface area contributed by atoms with Crippen LogP contribution in [0.1, 0.15) is 34.1 Å². The summed E-state index contributed by atoms with van der Waals surface area (Å²) >= 11 is 0. The van der Waals surface area contributed by atoms with Crippen LogP contribution in [0.25, 0.3) is 0 Å². The predicted molar refractivity (Wildman–Crippen MR) is 53.9 cm³/mol. The number of hydrogen-bond donors (Lipinski definition) is 2. The summed E-state index contributed by atoms with van der Waals surface area (Å²) in [5.74, 6) is -1.39. The van der Waals surface area contributed by atoms with Gasteiger partial charge >= 0.3 is 5.97 Å². The zero-order valence-electron chi connectivity index (χ0n) is 9.20. The first-order chi connectivity index (χ1) is 6.40. The molecule has 1 amide bonds. The lowest BCUT2D eigenvalue weighted by Gasteiger charge is -2.19. The lowest BCUT2D eigenvalue weighted by molar-refractivity contribution is -0.143. The van der Waals surface area contributed by atoms with Crippen LogP contribution >= 0.6 is 0 Å². The number of hydrogen-bond acceptors (Lipinski definition) is 2. The van der Waals surface area contributed by atoms with E-state index in [-0.39, 0.29) is 17.7 Å². The van der Waals surface area contributed by atoms with Crippen molar-refractivity contribution in [2.45, 2.75) is 40.2 Å². The topological polar surface area (TPSA) is 66.4 Å². The number of rotatable bonds is 5. The van der Waals surface area contributed by atoms with E-state index >= 15 is 0 Å². The summed E-state index contributed by atoms with van der Waals surface area (Å²) in [6.45, 7) is 7.23. The molecule has 0 aliphatic rings. The fourth-order valence-corrected chi connectivity index (χ4v) is 0.994. The Balaban J connectivity index is 4.31. The lowest BCUT2D eigenvalue weighted by atomic mass is 10.0. The van der Waals surface area contributed by atoms with Crippen LogP contribution in [0.3, 0.4) is 0 Å². The Labute approximate surface area is 84.7 Å². The maximum absolute atomic E-state index is 11.4. The van der Waals surface area contributed by atoms with Crippen LogP contribution in [0.15, 0.2) is 0 Å². The van der Waals surface area contributed by atoms with Crippen LogP contribution in [0, 0.1) is 11.8 Å². The molecule has 0 aromatic rings. The van der Waals surface area contributed by atoms with Crippen molar-refractivity contribution in [3.63, 3.8) is 0 Å². The average Bonchev–Trinajstić information content (AvgIpc) is 2.11. The Morgan fingerprint density at radius 2 is 1.79 bits per heavy atom. The highest BCUT2D eigenvalue weighted by Gasteiger charge is 2.24. The number of amides is 1. The standard InChI is InChI=1S/C10H19NO3/c1-5-7(4)9(12)11-8(6(2)3)10(13)14/h6-8H,5H2,1-4H3,(H,11,12)(H,13,14)/t7-,8-/m1/s1. The summed E-state index contributed by atoms with van der Waals surface area (Å²) in [4.78, 5) is 22.2. The summed E-state index contributed by atoms with van der Waals surface area (Å²) in [5.41, 5.74) is 0. The number of carbonyl (C=O) groups excluding carboxylic acids is 1. The van der Waals surface area contributed by atoms with Gasteiger partial charge in [-0.05, 0) is 12.3 Å². The van der Waals surface area contributed by atoms with E-state index in [0.29, 0.717) is 0 Å². The molecule has 4 heteroatoms. The Morgan fingerprint density at radius 1 is 1.29 bits per heavy atom. The first-order valence-corrected chi connectivity index (χ1v) is 4.93. The molecule has 0 heterocycles. The van der Waals surface area contributed by atoms with Gasteiger partial charge in [0.15, 0.2) is 0 Å². The van der Waals surface area contributed by atoms with Gasteiger partial charge in [0.2, 0.25) is 5.91 Å². The first-order valence-electron chi connectivity index (χ1n) is 4.93. The summed E-state index contributed by atoms with van der Waals surface area (Å²) < 4.78 is 0. The Bertz CT molecular complexity index is 213. The highest BCUT2D eigenvalue weighted by Crippen LogP contribution is 2.05. The third-order valence-corrected chi connectivity index (χ3v) is 2.29. The largest absolute Gasteiger partial charge is 0.480 e. The molecule has 0 aromatic heterocycles. The Kier molecular flexibility index (Phi) is 5.20. The van der Waals surface area contributed by atoms with Crippen LogP contribution in [0.5, 0.6) is 0 Å². The summed E-state index contributed by atoms with van der Waals surface area (Å²) in [7, 11) is 0. The van der Waals surface area contributed by atoms with Gasteiger partial charge in [-0.25, -0.2) is 4.79 Å². The molecular formula is C10H19NO3. The summed E-state index contributed by atoms with van der Waals surface area (Å²) in [6.07, 6.45) is 0.719. The van der Waals surface area contributed by atoms with Gasteiger partial charge < -0.3 is 10.4 Å². The lowest BCUT2D eigenvalue weighted by Crippen LogP contribution is -2.46. The molecule has 82 valence electrons. The number of aliphatic carboxylic acids is 1. The number of carbonyl (C=O) groups is 2. The second kappa shape index (κ2) is 5.62. The van der Waals surface area contributed by atoms with Gasteiger partial charge in [-0.3, -0.25) is 4.79 Å². The SMILES string of the molecule is CC[C@@H](C)C(=O)N[C@@H](C(=O)O)C(C)C. The molecular weight excluding hydrogens is 182 g/mol. The van der Waals surface area contributed by atoms with Crippen LogP contribution < -0.4 is 5.32 Å². The third kappa shape index (κ3) is 3.77. The van der Waals surface area contributed by atoms with E-state index in [1.165, 1.54) is 0 Å². The van der Waals surface area contributed by atoms with Crippen molar-refractivity contribution < 1.29 is 14.7 Å². The molecule has 0 aliphatic heterocycles. The van der Waals surface area contributed by atoms with Crippen LogP contribution in [0.4, 0.5) is 0 Å². The van der Waals surface area contributed by atoms with E-state index in [1.54, 1.807) is 20.8 Å². The molecule has 0 fully saturated rings. The normalized spacial score (nSPS) is 14.9. The van der Waals surface area contributed by atoms with E-state index in [0.717, 1.165) is 6.42 Å². The molecule has 14 heavy (non-hydrogen) atoms. The van der Waals surface area contributed by atoms with E-state index in [1.807, 2.05) is 6.92 Å². The smallest absolute Gasteiger partial charge is 0.326 e. The average molecular weight is 201 g/mol. The number of carboxylic acids is 1. The Hall–Kier alpha value is -1.06. The fraction of sp³-hybridized carbons (Fsp3) is 0.800. The van der Waals surface area contributed by atoms with Gasteiger partial charge in [-0.2, -0.15) is 0 Å². The van der Waals surface area contributed by atoms with E-state index in [2.05, 4.69) is 5.32 Å². The molecule has 0 bridgehead atoms. The van der Waals surface area contributed by atoms with Crippen molar-refractivity contribution in [1.82, 2.24) is 5.32 Å².